The van der Waals surface area contributed by atoms with Gasteiger partial charge in [0, 0.05) is 11.5 Å². The van der Waals surface area contributed by atoms with E-state index in [2.05, 4.69) is 38.1 Å². The fraction of sp³-hybridized carbons (Fsp3) is 0.429. The van der Waals surface area contributed by atoms with E-state index in [-0.39, 0.29) is 75.2 Å². The molecule has 1 atom stereocenters. The first kappa shape index (κ1) is 36.0. The van der Waals surface area contributed by atoms with E-state index in [1.807, 2.05) is 6.07 Å². The molecule has 0 saturated carbocycles. The number of aldehydes is 1. The first-order valence-corrected chi connectivity index (χ1v) is 14.7. The molecule has 3 aromatic rings. The summed E-state index contributed by atoms with van der Waals surface area (Å²) in [4.78, 5) is 20.6. The molecule has 42 heavy (non-hydrogen) atoms. The third-order valence-corrected chi connectivity index (χ3v) is 8.15. The molecule has 3 aromatic carbocycles. The molecule has 1 unspecified atom stereocenters. The Labute approximate surface area is 293 Å². The standard InChI is InChI=1S/C33H40NO4.C2H4O.K/c1-21-22(2)30(34-16-8-4-5-9-24-17-31(35)23(3)32(36)18-24)15-14-28(21)29(20-33(37)38)27-13-12-25-10-6-7-11-26(25)19-27;1-2-3;/h12-15,17-19,29,35-36H,4-11,16,20H2,1-3H3,(H,37,38);2H,1H3;/q-1;;+1. The molecule has 0 aromatic heterocycles. The second-order valence-electron chi connectivity index (χ2n) is 11.0. The summed E-state index contributed by atoms with van der Waals surface area (Å²) in [6.07, 6.45) is 9.19. The number of rotatable bonds is 11. The minimum absolute atomic E-state index is 0. The minimum atomic E-state index is -0.783. The van der Waals surface area contributed by atoms with Gasteiger partial charge >= 0.3 is 57.4 Å². The molecular weight excluding hydrogens is 553 g/mol. The fourth-order valence-electron chi connectivity index (χ4n) is 5.63. The summed E-state index contributed by atoms with van der Waals surface area (Å²) in [6.45, 7) is 8.04. The molecule has 220 valence electrons. The number of carboxylic acid groups (broad SMARTS) is 1. The van der Waals surface area contributed by atoms with Crippen molar-refractivity contribution in [2.24, 2.45) is 0 Å². The quantitative estimate of drug-likeness (QED) is 0.161. The Hall–Kier alpha value is -2.16. The fourth-order valence-corrected chi connectivity index (χ4v) is 5.63. The molecule has 0 bridgehead atoms. The van der Waals surface area contributed by atoms with Gasteiger partial charge in [-0.05, 0) is 112 Å². The van der Waals surface area contributed by atoms with E-state index < -0.39 is 5.97 Å². The summed E-state index contributed by atoms with van der Waals surface area (Å²) >= 11 is 0. The molecular formula is C35H44KNO5. The molecule has 6 nitrogen and oxygen atoms in total. The van der Waals surface area contributed by atoms with Crippen LogP contribution in [0.4, 0.5) is 5.69 Å². The summed E-state index contributed by atoms with van der Waals surface area (Å²) in [5, 5.41) is 34.4. The Morgan fingerprint density at radius 3 is 2.17 bits per heavy atom. The van der Waals surface area contributed by atoms with Gasteiger partial charge in [0.2, 0.25) is 0 Å². The molecule has 0 radical (unpaired) electrons. The van der Waals surface area contributed by atoms with Gasteiger partial charge in [0.05, 0.1) is 6.42 Å². The largest absolute Gasteiger partial charge is 1.00 e. The van der Waals surface area contributed by atoms with Gasteiger partial charge in [-0.3, -0.25) is 4.79 Å². The average Bonchev–Trinajstić information content (AvgIpc) is 2.94. The van der Waals surface area contributed by atoms with Crippen LogP contribution in [-0.2, 0) is 28.9 Å². The number of fused-ring (bicyclic) bond motifs is 1. The maximum absolute atomic E-state index is 11.8. The molecule has 0 heterocycles. The summed E-state index contributed by atoms with van der Waals surface area (Å²) in [7, 11) is 0. The number of phenols is 2. The number of nitrogens with zero attached hydrogens (tertiary/aromatic N) is 1. The van der Waals surface area contributed by atoms with Gasteiger partial charge in [0.15, 0.2) is 0 Å². The summed E-state index contributed by atoms with van der Waals surface area (Å²) in [5.74, 6) is -0.675. The van der Waals surface area contributed by atoms with E-state index in [9.17, 15) is 20.1 Å². The zero-order valence-corrected chi connectivity index (χ0v) is 29.0. The molecule has 1 aliphatic rings. The topological polar surface area (TPSA) is 109 Å². The van der Waals surface area contributed by atoms with Crippen LogP contribution in [0.1, 0.15) is 95.9 Å². The van der Waals surface area contributed by atoms with E-state index in [4.69, 9.17) is 10.1 Å². The van der Waals surface area contributed by atoms with Gasteiger partial charge in [-0.15, -0.1) is 12.2 Å². The number of aromatic hydroxyl groups is 2. The van der Waals surface area contributed by atoms with Crippen molar-refractivity contribution in [2.75, 3.05) is 6.54 Å². The molecule has 4 rings (SSSR count). The van der Waals surface area contributed by atoms with Gasteiger partial charge in [-0.25, -0.2) is 0 Å². The Bertz CT molecular complexity index is 1330. The second kappa shape index (κ2) is 17.8. The number of carbonyl (C=O) groups is 2. The molecule has 7 heteroatoms. The number of carboxylic acids is 1. The first-order valence-electron chi connectivity index (χ1n) is 14.7. The Morgan fingerprint density at radius 1 is 0.881 bits per heavy atom. The van der Waals surface area contributed by atoms with Crippen molar-refractivity contribution in [1.29, 1.82) is 0 Å². The summed E-state index contributed by atoms with van der Waals surface area (Å²) in [5.41, 5.74) is 9.61. The van der Waals surface area contributed by atoms with Crippen LogP contribution in [0.3, 0.4) is 0 Å². The van der Waals surface area contributed by atoms with Gasteiger partial charge in [0.1, 0.15) is 17.8 Å². The summed E-state index contributed by atoms with van der Waals surface area (Å²) < 4.78 is 0. The van der Waals surface area contributed by atoms with Crippen molar-refractivity contribution >= 4 is 17.9 Å². The third-order valence-electron chi connectivity index (χ3n) is 8.15. The van der Waals surface area contributed by atoms with Crippen molar-refractivity contribution in [3.8, 4) is 11.5 Å². The molecule has 0 spiro atoms. The monoisotopic (exact) mass is 597 g/mol. The molecule has 0 amide bonds. The predicted molar refractivity (Wildman–Crippen MR) is 165 cm³/mol. The number of unbranched alkanes of at least 4 members (excludes halogenated alkanes) is 2. The van der Waals surface area contributed by atoms with Crippen LogP contribution in [0.2, 0.25) is 0 Å². The van der Waals surface area contributed by atoms with E-state index in [0.717, 1.165) is 84.9 Å². The Kier molecular flexibility index (Phi) is 15.3. The van der Waals surface area contributed by atoms with Gasteiger partial charge in [-0.1, -0.05) is 48.7 Å². The molecule has 0 fully saturated rings. The smallest absolute Gasteiger partial charge is 0.684 e. The van der Waals surface area contributed by atoms with Crippen LogP contribution < -0.4 is 51.4 Å². The molecule has 0 saturated heterocycles. The Balaban J connectivity index is 0.00000148. The second-order valence-corrected chi connectivity index (χ2v) is 11.0. The zero-order chi connectivity index (χ0) is 29.9. The van der Waals surface area contributed by atoms with Crippen LogP contribution in [0.25, 0.3) is 5.32 Å². The number of benzene rings is 3. The van der Waals surface area contributed by atoms with Crippen LogP contribution in [0.5, 0.6) is 11.5 Å². The summed E-state index contributed by atoms with van der Waals surface area (Å²) in [6, 6.07) is 14.2. The van der Waals surface area contributed by atoms with E-state index >= 15 is 0 Å². The predicted octanol–water partition coefficient (Wildman–Crippen LogP) is 5.14. The number of aliphatic carboxylic acids is 1. The number of hydrogen-bond acceptors (Lipinski definition) is 4. The van der Waals surface area contributed by atoms with Crippen LogP contribution in [-0.4, -0.2) is 34.1 Å². The molecule has 1 aliphatic carbocycles. The normalized spacial score (nSPS) is 12.7. The van der Waals surface area contributed by atoms with Crippen molar-refractivity contribution in [1.82, 2.24) is 0 Å². The van der Waals surface area contributed by atoms with Crippen molar-refractivity contribution in [2.45, 2.75) is 91.4 Å². The van der Waals surface area contributed by atoms with Crippen LogP contribution in [0.15, 0.2) is 42.5 Å². The molecule has 3 N–H and O–H groups in total. The van der Waals surface area contributed by atoms with E-state index in [1.54, 1.807) is 19.1 Å². The maximum Gasteiger partial charge on any atom is 1.00 e. The molecule has 0 aliphatic heterocycles. The zero-order valence-electron chi connectivity index (χ0n) is 25.9. The van der Waals surface area contributed by atoms with Crippen LogP contribution in [0, 0.1) is 20.8 Å². The number of hydrogen-bond donors (Lipinski definition) is 3. The van der Waals surface area contributed by atoms with E-state index in [0.29, 0.717) is 5.56 Å². The number of carbonyl (C=O) groups excluding carboxylic acids is 1. The van der Waals surface area contributed by atoms with Crippen molar-refractivity contribution in [3.63, 3.8) is 0 Å². The van der Waals surface area contributed by atoms with Crippen molar-refractivity contribution < 1.29 is 76.3 Å². The number of phenolic OH excluding ortho intramolecular Hbond substituents is 2. The van der Waals surface area contributed by atoms with Gasteiger partial charge in [0.25, 0.3) is 0 Å². The average molecular weight is 598 g/mol. The maximum atomic E-state index is 11.8. The first-order chi connectivity index (χ1) is 19.7. The SMILES string of the molecule is CC=O.Cc1c(O)cc(CCCCC[N-]c2ccc(C(CC(=O)O)c3ccc4c(c3)CCCC4)c(C)c2C)cc1O.[K+]. The van der Waals surface area contributed by atoms with Gasteiger partial charge in [-0.2, -0.15) is 0 Å². The Morgan fingerprint density at radius 2 is 1.52 bits per heavy atom. The van der Waals surface area contributed by atoms with Crippen molar-refractivity contribution in [3.05, 3.63) is 92.3 Å². The third kappa shape index (κ3) is 9.95. The number of aryl methyl sites for hydroxylation is 3. The van der Waals surface area contributed by atoms with Crippen LogP contribution >= 0.6 is 0 Å². The van der Waals surface area contributed by atoms with E-state index in [1.165, 1.54) is 30.9 Å². The van der Waals surface area contributed by atoms with Gasteiger partial charge < -0.3 is 25.4 Å². The minimum Gasteiger partial charge on any atom is -0.684 e.